The van der Waals surface area contributed by atoms with E-state index < -0.39 is 5.60 Å². The first-order valence-corrected chi connectivity index (χ1v) is 5.48. The van der Waals surface area contributed by atoms with E-state index in [0.29, 0.717) is 17.3 Å². The van der Waals surface area contributed by atoms with Crippen molar-refractivity contribution in [2.45, 2.75) is 19.4 Å². The van der Waals surface area contributed by atoms with Gasteiger partial charge in [0, 0.05) is 19.3 Å². The summed E-state index contributed by atoms with van der Waals surface area (Å²) in [5.41, 5.74) is 0.217. The molecule has 0 spiro atoms. The van der Waals surface area contributed by atoms with Crippen LogP contribution in [-0.2, 0) is 0 Å². The van der Waals surface area contributed by atoms with E-state index in [-0.39, 0.29) is 0 Å². The molecule has 0 fully saturated rings. The average molecular weight is 244 g/mol. The number of benzene rings is 1. The van der Waals surface area contributed by atoms with Crippen LogP contribution in [0.3, 0.4) is 0 Å². The van der Waals surface area contributed by atoms with Crippen LogP contribution in [0.1, 0.15) is 13.8 Å². The van der Waals surface area contributed by atoms with Crippen LogP contribution in [-0.4, -0.2) is 31.4 Å². The number of aliphatic hydroxyl groups is 1. The van der Waals surface area contributed by atoms with Gasteiger partial charge < -0.3 is 14.7 Å². The van der Waals surface area contributed by atoms with Gasteiger partial charge >= 0.3 is 0 Å². The Morgan fingerprint density at radius 1 is 1.44 bits per heavy atom. The number of ether oxygens (including phenoxy) is 1. The van der Waals surface area contributed by atoms with Gasteiger partial charge in [0.2, 0.25) is 0 Å². The van der Waals surface area contributed by atoms with E-state index >= 15 is 0 Å². The Morgan fingerprint density at radius 2 is 2.06 bits per heavy atom. The maximum Gasteiger partial charge on any atom is 0.137 e. The number of likely N-dealkylation sites (N-methyl/N-ethyl adjacent to an activating group) is 1. The van der Waals surface area contributed by atoms with Crippen molar-refractivity contribution in [1.82, 2.24) is 0 Å². The number of methoxy groups -OCH3 is 1. The molecule has 0 heterocycles. The van der Waals surface area contributed by atoms with Crippen molar-refractivity contribution in [1.29, 1.82) is 0 Å². The molecule has 1 aromatic carbocycles. The molecule has 0 aliphatic carbocycles. The van der Waals surface area contributed by atoms with Gasteiger partial charge in [0.05, 0.1) is 17.7 Å². The maximum absolute atomic E-state index is 9.72. The Bertz CT molecular complexity index is 361. The van der Waals surface area contributed by atoms with Crippen molar-refractivity contribution in [3.8, 4) is 5.75 Å². The second-order valence-corrected chi connectivity index (χ2v) is 4.89. The molecular weight excluding hydrogens is 226 g/mol. The zero-order chi connectivity index (χ0) is 12.3. The molecule has 3 nitrogen and oxygen atoms in total. The Hall–Kier alpha value is -0.930. The standard InChI is InChI=1S/C12H18ClNO2/c1-12(2,15)8-14(3)9-5-6-11(16-4)10(13)7-9/h5-7,15H,8H2,1-4H3. The van der Waals surface area contributed by atoms with Crippen LogP contribution in [0.4, 0.5) is 5.69 Å². The van der Waals surface area contributed by atoms with Crippen LogP contribution in [0.15, 0.2) is 18.2 Å². The summed E-state index contributed by atoms with van der Waals surface area (Å²) in [4.78, 5) is 1.95. The summed E-state index contributed by atoms with van der Waals surface area (Å²) < 4.78 is 5.08. The Morgan fingerprint density at radius 3 is 2.50 bits per heavy atom. The van der Waals surface area contributed by atoms with Crippen LogP contribution in [0.5, 0.6) is 5.75 Å². The molecule has 0 saturated heterocycles. The molecule has 16 heavy (non-hydrogen) atoms. The molecular formula is C12H18ClNO2. The zero-order valence-corrected chi connectivity index (χ0v) is 10.9. The van der Waals surface area contributed by atoms with E-state index in [2.05, 4.69) is 0 Å². The SMILES string of the molecule is COc1ccc(N(C)CC(C)(C)O)cc1Cl. The van der Waals surface area contributed by atoms with E-state index in [0.717, 1.165) is 5.69 Å². The van der Waals surface area contributed by atoms with E-state index in [4.69, 9.17) is 16.3 Å². The minimum absolute atomic E-state index is 0.537. The van der Waals surface area contributed by atoms with Crippen LogP contribution in [0.25, 0.3) is 0 Å². The summed E-state index contributed by atoms with van der Waals surface area (Å²) in [5.74, 6) is 0.655. The number of anilines is 1. The number of hydrogen-bond acceptors (Lipinski definition) is 3. The fraction of sp³-hybridized carbons (Fsp3) is 0.500. The van der Waals surface area contributed by atoms with Crippen molar-refractivity contribution >= 4 is 17.3 Å². The lowest BCUT2D eigenvalue weighted by molar-refractivity contribution is 0.0886. The third-order valence-electron chi connectivity index (χ3n) is 2.20. The topological polar surface area (TPSA) is 32.7 Å². The number of hydrogen-bond donors (Lipinski definition) is 1. The molecule has 0 radical (unpaired) electrons. The van der Waals surface area contributed by atoms with Crippen molar-refractivity contribution in [2.75, 3.05) is 25.6 Å². The van der Waals surface area contributed by atoms with E-state index in [1.165, 1.54) is 0 Å². The molecule has 4 heteroatoms. The predicted molar refractivity (Wildman–Crippen MR) is 67.6 cm³/mol. The number of halogens is 1. The van der Waals surface area contributed by atoms with Crippen molar-refractivity contribution in [3.63, 3.8) is 0 Å². The Labute approximate surface area is 102 Å². The summed E-state index contributed by atoms with van der Waals surface area (Å²) in [6, 6.07) is 5.56. The van der Waals surface area contributed by atoms with Gasteiger partial charge in [-0.1, -0.05) is 11.6 Å². The fourth-order valence-corrected chi connectivity index (χ4v) is 1.82. The Balaban J connectivity index is 2.85. The van der Waals surface area contributed by atoms with Gasteiger partial charge in [0.15, 0.2) is 0 Å². The normalized spacial score (nSPS) is 11.4. The average Bonchev–Trinajstić information content (AvgIpc) is 2.15. The van der Waals surface area contributed by atoms with E-state index in [1.54, 1.807) is 21.0 Å². The lowest BCUT2D eigenvalue weighted by atomic mass is 10.1. The van der Waals surface area contributed by atoms with Crippen LogP contribution in [0.2, 0.25) is 5.02 Å². The van der Waals surface area contributed by atoms with Crippen LogP contribution in [0, 0.1) is 0 Å². The fourth-order valence-electron chi connectivity index (χ4n) is 1.56. The first kappa shape index (κ1) is 13.1. The lowest BCUT2D eigenvalue weighted by Crippen LogP contribution is -2.36. The second kappa shape index (κ2) is 4.93. The maximum atomic E-state index is 9.72. The molecule has 0 aliphatic heterocycles. The third-order valence-corrected chi connectivity index (χ3v) is 2.50. The highest BCUT2D eigenvalue weighted by molar-refractivity contribution is 6.32. The molecule has 0 bridgehead atoms. The summed E-state index contributed by atoms with van der Waals surface area (Å²) in [7, 11) is 3.50. The van der Waals surface area contributed by atoms with Crippen LogP contribution < -0.4 is 9.64 Å². The van der Waals surface area contributed by atoms with Crippen molar-refractivity contribution < 1.29 is 9.84 Å². The van der Waals surface area contributed by atoms with Gasteiger partial charge in [0.25, 0.3) is 0 Å². The molecule has 0 amide bonds. The highest BCUT2D eigenvalue weighted by Gasteiger charge is 2.16. The molecule has 1 aromatic rings. The van der Waals surface area contributed by atoms with E-state index in [9.17, 15) is 5.11 Å². The minimum atomic E-state index is -0.735. The first-order chi connectivity index (χ1) is 7.33. The van der Waals surface area contributed by atoms with Gasteiger partial charge in [-0.25, -0.2) is 0 Å². The minimum Gasteiger partial charge on any atom is -0.495 e. The van der Waals surface area contributed by atoms with Crippen molar-refractivity contribution in [3.05, 3.63) is 23.2 Å². The van der Waals surface area contributed by atoms with Crippen LogP contribution >= 0.6 is 11.6 Å². The largest absolute Gasteiger partial charge is 0.495 e. The van der Waals surface area contributed by atoms with Crippen molar-refractivity contribution in [2.24, 2.45) is 0 Å². The molecule has 0 unspecified atom stereocenters. The number of rotatable bonds is 4. The summed E-state index contributed by atoms with van der Waals surface area (Å²) >= 11 is 6.03. The van der Waals surface area contributed by atoms with E-state index in [1.807, 2.05) is 30.1 Å². The third kappa shape index (κ3) is 3.58. The zero-order valence-electron chi connectivity index (χ0n) is 10.1. The lowest BCUT2D eigenvalue weighted by Gasteiger charge is -2.27. The predicted octanol–water partition coefficient (Wildman–Crippen LogP) is 2.56. The van der Waals surface area contributed by atoms with Gasteiger partial charge in [0.1, 0.15) is 5.75 Å². The summed E-state index contributed by atoms with van der Waals surface area (Å²) in [6.07, 6.45) is 0. The quantitative estimate of drug-likeness (QED) is 0.882. The smallest absolute Gasteiger partial charge is 0.137 e. The molecule has 1 rings (SSSR count). The molecule has 0 aliphatic rings. The highest BCUT2D eigenvalue weighted by Crippen LogP contribution is 2.29. The van der Waals surface area contributed by atoms with Gasteiger partial charge in [-0.2, -0.15) is 0 Å². The summed E-state index contributed by atoms with van der Waals surface area (Å²) in [6.45, 7) is 4.08. The van der Waals surface area contributed by atoms with Gasteiger partial charge in [-0.3, -0.25) is 0 Å². The Kier molecular flexibility index (Phi) is 4.05. The summed E-state index contributed by atoms with van der Waals surface area (Å²) in [5, 5.41) is 10.3. The highest BCUT2D eigenvalue weighted by atomic mass is 35.5. The second-order valence-electron chi connectivity index (χ2n) is 4.49. The monoisotopic (exact) mass is 243 g/mol. The first-order valence-electron chi connectivity index (χ1n) is 5.10. The molecule has 0 atom stereocenters. The number of nitrogens with zero attached hydrogens (tertiary/aromatic N) is 1. The molecule has 90 valence electrons. The van der Waals surface area contributed by atoms with Gasteiger partial charge in [-0.15, -0.1) is 0 Å². The van der Waals surface area contributed by atoms with Gasteiger partial charge in [-0.05, 0) is 32.0 Å². The molecule has 0 saturated carbocycles. The molecule has 0 aromatic heterocycles. The molecule has 1 N–H and O–H groups in total.